The van der Waals surface area contributed by atoms with Gasteiger partial charge in [0.15, 0.2) is 16.3 Å². The van der Waals surface area contributed by atoms with Gasteiger partial charge in [-0.15, -0.1) is 0 Å². The number of phenols is 1. The van der Waals surface area contributed by atoms with Crippen LogP contribution >= 0.6 is 11.3 Å². The van der Waals surface area contributed by atoms with Gasteiger partial charge in [-0.3, -0.25) is 9.36 Å². The summed E-state index contributed by atoms with van der Waals surface area (Å²) in [5.74, 6) is 0.554. The zero-order valence-electron chi connectivity index (χ0n) is 21.5. The summed E-state index contributed by atoms with van der Waals surface area (Å²) in [6.07, 6.45) is 1.75. The minimum atomic E-state index is -0.704. The van der Waals surface area contributed by atoms with E-state index in [1.54, 1.807) is 32.1 Å². The van der Waals surface area contributed by atoms with Crippen molar-refractivity contribution in [3.8, 4) is 17.2 Å². The van der Waals surface area contributed by atoms with Gasteiger partial charge in [0.05, 0.1) is 41.2 Å². The van der Waals surface area contributed by atoms with E-state index < -0.39 is 12.0 Å². The molecule has 3 aromatic rings. The fourth-order valence-corrected chi connectivity index (χ4v) is 5.20. The third kappa shape index (κ3) is 5.46. The van der Waals surface area contributed by atoms with Gasteiger partial charge in [0.1, 0.15) is 5.75 Å². The molecule has 0 amide bonds. The highest BCUT2D eigenvalue weighted by atomic mass is 32.1. The van der Waals surface area contributed by atoms with Crippen molar-refractivity contribution in [1.82, 2.24) is 4.57 Å². The number of fused-ring (bicyclic) bond motifs is 1. The molecule has 2 heterocycles. The maximum absolute atomic E-state index is 13.7. The van der Waals surface area contributed by atoms with Crippen LogP contribution < -0.4 is 24.4 Å². The van der Waals surface area contributed by atoms with Gasteiger partial charge >= 0.3 is 5.97 Å². The lowest BCUT2D eigenvalue weighted by Gasteiger charge is -2.25. The van der Waals surface area contributed by atoms with Crippen molar-refractivity contribution >= 4 is 23.4 Å². The monoisotopic (exact) mass is 522 g/mol. The number of carbonyl (C=O) groups is 1. The molecule has 1 aromatic heterocycles. The predicted octanol–water partition coefficient (Wildman–Crippen LogP) is 3.69. The van der Waals surface area contributed by atoms with Crippen molar-refractivity contribution in [2.24, 2.45) is 4.99 Å². The van der Waals surface area contributed by atoms with Gasteiger partial charge in [0, 0.05) is 0 Å². The predicted molar refractivity (Wildman–Crippen MR) is 142 cm³/mol. The number of thiazole rings is 1. The Balaban J connectivity index is 1.88. The molecule has 1 atom stereocenters. The molecule has 8 nitrogen and oxygen atoms in total. The molecule has 194 valence electrons. The lowest BCUT2D eigenvalue weighted by atomic mass is 9.96. The zero-order chi connectivity index (χ0) is 26.7. The molecule has 0 radical (unpaired) electrons. The van der Waals surface area contributed by atoms with Crippen molar-refractivity contribution in [2.45, 2.75) is 46.8 Å². The summed E-state index contributed by atoms with van der Waals surface area (Å²) in [6.45, 7) is 9.82. The Labute approximate surface area is 218 Å². The number of allylic oxidation sites excluding steroid dienone is 1. The van der Waals surface area contributed by atoms with E-state index in [0.29, 0.717) is 44.3 Å². The highest BCUT2D eigenvalue weighted by Gasteiger charge is 2.33. The number of hydrogen-bond acceptors (Lipinski definition) is 8. The number of esters is 1. The number of aromatic nitrogens is 1. The fourth-order valence-electron chi connectivity index (χ4n) is 4.15. The summed E-state index contributed by atoms with van der Waals surface area (Å²) in [5.41, 5.74) is 1.98. The Bertz CT molecular complexity index is 1520. The number of carbonyl (C=O) groups excluding carboxylic acids is 1. The second kappa shape index (κ2) is 11.0. The van der Waals surface area contributed by atoms with Crippen LogP contribution in [-0.2, 0) is 9.53 Å². The fraction of sp³-hybridized carbons (Fsp3) is 0.321. The third-order valence-corrected chi connectivity index (χ3v) is 6.65. The van der Waals surface area contributed by atoms with Crippen molar-refractivity contribution < 1.29 is 24.1 Å². The van der Waals surface area contributed by atoms with Crippen LogP contribution in [0.2, 0.25) is 0 Å². The van der Waals surface area contributed by atoms with Crippen molar-refractivity contribution in [2.75, 3.05) is 13.2 Å². The first kappa shape index (κ1) is 26.2. The molecule has 2 aromatic carbocycles. The minimum Gasteiger partial charge on any atom is -0.504 e. The highest BCUT2D eigenvalue weighted by Crippen LogP contribution is 2.32. The van der Waals surface area contributed by atoms with Crippen LogP contribution in [0, 0.1) is 0 Å². The van der Waals surface area contributed by atoms with Crippen molar-refractivity contribution in [1.29, 1.82) is 0 Å². The van der Waals surface area contributed by atoms with E-state index in [2.05, 4.69) is 4.99 Å². The summed E-state index contributed by atoms with van der Waals surface area (Å²) < 4.78 is 18.6. The number of aromatic hydroxyl groups is 1. The second-order valence-electron chi connectivity index (χ2n) is 8.70. The molecule has 0 saturated carbocycles. The first-order valence-electron chi connectivity index (χ1n) is 12.2. The van der Waals surface area contributed by atoms with Gasteiger partial charge < -0.3 is 19.3 Å². The lowest BCUT2D eigenvalue weighted by molar-refractivity contribution is -0.139. The molecule has 0 fully saturated rings. The smallest absolute Gasteiger partial charge is 0.338 e. The van der Waals surface area contributed by atoms with Crippen LogP contribution in [0.4, 0.5) is 0 Å². The second-order valence-corrected chi connectivity index (χ2v) is 9.71. The lowest BCUT2D eigenvalue weighted by Crippen LogP contribution is -2.39. The number of ether oxygens (including phenoxy) is 3. The van der Waals surface area contributed by atoms with E-state index in [9.17, 15) is 14.7 Å². The van der Waals surface area contributed by atoms with E-state index in [1.165, 1.54) is 22.0 Å². The number of phenolic OH excluding ortho intramolecular Hbond substituents is 1. The summed E-state index contributed by atoms with van der Waals surface area (Å²) in [4.78, 5) is 31.8. The maximum Gasteiger partial charge on any atom is 0.338 e. The Kier molecular flexibility index (Phi) is 7.83. The zero-order valence-corrected chi connectivity index (χ0v) is 22.3. The normalized spacial score (nSPS) is 15.4. The summed E-state index contributed by atoms with van der Waals surface area (Å²) in [6, 6.07) is 11.6. The minimum absolute atomic E-state index is 0.0175. The number of rotatable bonds is 8. The van der Waals surface area contributed by atoms with Gasteiger partial charge in [0.25, 0.3) is 5.56 Å². The highest BCUT2D eigenvalue weighted by molar-refractivity contribution is 7.07. The molecular formula is C28H30N2O6S. The van der Waals surface area contributed by atoms with E-state index in [-0.39, 0.29) is 24.0 Å². The number of benzene rings is 2. The molecule has 9 heteroatoms. The molecule has 1 aliphatic rings. The molecule has 37 heavy (non-hydrogen) atoms. The van der Waals surface area contributed by atoms with E-state index in [4.69, 9.17) is 14.2 Å². The SMILES string of the molecule is CCOC(=O)C1=C(C)N=c2s/c(=C\c3ccc(O)c(OCC)c3)c(=O)n2[C@@H]1c1ccc(OC(C)C)cc1. The average molecular weight is 523 g/mol. The standard InChI is InChI=1S/C28H30N2O6S/c1-6-34-22-14-18(8-13-21(22)31)15-23-26(32)30-25(19-9-11-20(12-10-19)36-16(3)4)24(27(33)35-7-2)17(5)29-28(30)37-23/h8-16,25,31H,6-7H2,1-5H3/b23-15-/t25-/m1/s1. The summed E-state index contributed by atoms with van der Waals surface area (Å²) in [7, 11) is 0. The van der Waals surface area contributed by atoms with Gasteiger partial charge in [-0.1, -0.05) is 29.5 Å². The first-order chi connectivity index (χ1) is 17.7. The van der Waals surface area contributed by atoms with Gasteiger partial charge in [-0.05, 0) is 76.1 Å². The van der Waals surface area contributed by atoms with Gasteiger partial charge in [-0.2, -0.15) is 0 Å². The Morgan fingerprint density at radius 1 is 1.16 bits per heavy atom. The first-order valence-corrected chi connectivity index (χ1v) is 13.0. The molecule has 0 bridgehead atoms. The van der Waals surface area contributed by atoms with Crippen LogP contribution in [0.15, 0.2) is 63.5 Å². The van der Waals surface area contributed by atoms with Crippen LogP contribution in [0.1, 0.15) is 51.8 Å². The number of hydrogen-bond donors (Lipinski definition) is 1. The molecule has 0 saturated heterocycles. The average Bonchev–Trinajstić information content (AvgIpc) is 3.15. The third-order valence-electron chi connectivity index (χ3n) is 5.67. The summed E-state index contributed by atoms with van der Waals surface area (Å²) in [5, 5.41) is 10.0. The van der Waals surface area contributed by atoms with Crippen LogP contribution in [0.3, 0.4) is 0 Å². The van der Waals surface area contributed by atoms with Gasteiger partial charge in [0.2, 0.25) is 0 Å². The van der Waals surface area contributed by atoms with Crippen molar-refractivity contribution in [3.05, 3.63) is 84.5 Å². The molecule has 4 rings (SSSR count). The molecule has 1 N–H and O–H groups in total. The molecular weight excluding hydrogens is 492 g/mol. The number of nitrogens with zero attached hydrogens (tertiary/aromatic N) is 2. The quantitative estimate of drug-likeness (QED) is 0.453. The van der Waals surface area contributed by atoms with E-state index in [0.717, 1.165) is 5.56 Å². The van der Waals surface area contributed by atoms with Gasteiger partial charge in [-0.25, -0.2) is 9.79 Å². The van der Waals surface area contributed by atoms with Crippen LogP contribution in [0.25, 0.3) is 6.08 Å². The van der Waals surface area contributed by atoms with E-state index in [1.807, 2.05) is 45.0 Å². The molecule has 0 unspecified atom stereocenters. The maximum atomic E-state index is 13.7. The topological polar surface area (TPSA) is 99.4 Å². The Hall–Kier alpha value is -3.85. The Morgan fingerprint density at radius 2 is 1.89 bits per heavy atom. The largest absolute Gasteiger partial charge is 0.504 e. The van der Waals surface area contributed by atoms with Crippen LogP contribution in [0.5, 0.6) is 17.2 Å². The van der Waals surface area contributed by atoms with Crippen molar-refractivity contribution in [3.63, 3.8) is 0 Å². The molecule has 0 spiro atoms. The van der Waals surface area contributed by atoms with Crippen LogP contribution in [-0.4, -0.2) is 35.0 Å². The van der Waals surface area contributed by atoms with E-state index >= 15 is 0 Å². The summed E-state index contributed by atoms with van der Waals surface area (Å²) >= 11 is 1.23. The molecule has 1 aliphatic heterocycles. The molecule has 0 aliphatic carbocycles. The Morgan fingerprint density at radius 3 is 2.54 bits per heavy atom.